The highest BCUT2D eigenvalue weighted by molar-refractivity contribution is 6.30. The SMILES string of the molecule is CCc1nc2ccc(Cl)cn2c1C(=O)NC(C)C. The zero-order valence-corrected chi connectivity index (χ0v) is 11.5. The average Bonchev–Trinajstić information content (AvgIpc) is 2.65. The van der Waals surface area contributed by atoms with Gasteiger partial charge in [-0.1, -0.05) is 18.5 Å². The van der Waals surface area contributed by atoms with Crippen molar-refractivity contribution < 1.29 is 4.79 Å². The molecule has 2 aromatic rings. The van der Waals surface area contributed by atoms with Crippen molar-refractivity contribution in [2.75, 3.05) is 0 Å². The molecule has 0 bridgehead atoms. The Balaban J connectivity index is 2.58. The van der Waals surface area contributed by atoms with Gasteiger partial charge in [0.1, 0.15) is 11.3 Å². The molecular weight excluding hydrogens is 250 g/mol. The van der Waals surface area contributed by atoms with Gasteiger partial charge < -0.3 is 5.32 Å². The van der Waals surface area contributed by atoms with E-state index < -0.39 is 0 Å². The minimum absolute atomic E-state index is 0.0898. The molecular formula is C13H16ClN3O. The molecule has 18 heavy (non-hydrogen) atoms. The van der Waals surface area contributed by atoms with Gasteiger partial charge in [0.15, 0.2) is 0 Å². The van der Waals surface area contributed by atoms with Gasteiger partial charge >= 0.3 is 0 Å². The van der Waals surface area contributed by atoms with Gasteiger partial charge in [-0.2, -0.15) is 0 Å². The molecule has 96 valence electrons. The van der Waals surface area contributed by atoms with Crippen LogP contribution in [0.4, 0.5) is 0 Å². The van der Waals surface area contributed by atoms with Crippen LogP contribution in [0.5, 0.6) is 0 Å². The van der Waals surface area contributed by atoms with E-state index in [0.29, 0.717) is 17.1 Å². The molecule has 1 amide bonds. The maximum atomic E-state index is 12.2. The van der Waals surface area contributed by atoms with Crippen LogP contribution in [-0.2, 0) is 6.42 Å². The summed E-state index contributed by atoms with van der Waals surface area (Å²) in [7, 11) is 0. The zero-order chi connectivity index (χ0) is 13.3. The molecule has 2 aromatic heterocycles. The van der Waals surface area contributed by atoms with Gasteiger partial charge in [-0.15, -0.1) is 0 Å². The lowest BCUT2D eigenvalue weighted by Crippen LogP contribution is -2.31. The van der Waals surface area contributed by atoms with Gasteiger partial charge in [-0.25, -0.2) is 4.98 Å². The van der Waals surface area contributed by atoms with Gasteiger partial charge in [0.25, 0.3) is 5.91 Å². The summed E-state index contributed by atoms with van der Waals surface area (Å²) in [6.45, 7) is 5.84. The summed E-state index contributed by atoms with van der Waals surface area (Å²) in [4.78, 5) is 16.7. The maximum Gasteiger partial charge on any atom is 0.270 e. The van der Waals surface area contributed by atoms with Crippen LogP contribution in [0.25, 0.3) is 5.65 Å². The fraction of sp³-hybridized carbons (Fsp3) is 0.385. The number of aryl methyl sites for hydroxylation is 1. The van der Waals surface area contributed by atoms with Gasteiger partial charge in [-0.3, -0.25) is 9.20 Å². The van der Waals surface area contributed by atoms with E-state index in [1.54, 1.807) is 16.7 Å². The first-order valence-electron chi connectivity index (χ1n) is 6.00. The summed E-state index contributed by atoms with van der Waals surface area (Å²) in [5, 5.41) is 3.47. The first kappa shape index (κ1) is 12.9. The second-order valence-corrected chi connectivity index (χ2v) is 4.90. The molecule has 0 aliphatic carbocycles. The molecule has 0 aliphatic rings. The summed E-state index contributed by atoms with van der Waals surface area (Å²) in [5.41, 5.74) is 2.10. The molecule has 0 atom stereocenters. The molecule has 0 aliphatic heterocycles. The van der Waals surface area contributed by atoms with E-state index in [-0.39, 0.29) is 11.9 Å². The van der Waals surface area contributed by atoms with Crippen LogP contribution in [0, 0.1) is 0 Å². The normalized spacial score (nSPS) is 11.2. The Morgan fingerprint density at radius 3 is 2.83 bits per heavy atom. The van der Waals surface area contributed by atoms with E-state index in [4.69, 9.17) is 11.6 Å². The van der Waals surface area contributed by atoms with Crippen molar-refractivity contribution in [2.45, 2.75) is 33.2 Å². The molecule has 0 unspecified atom stereocenters. The lowest BCUT2D eigenvalue weighted by molar-refractivity contribution is 0.0936. The Kier molecular flexibility index (Phi) is 3.57. The van der Waals surface area contributed by atoms with Crippen LogP contribution >= 0.6 is 11.6 Å². The highest BCUT2D eigenvalue weighted by Gasteiger charge is 2.18. The van der Waals surface area contributed by atoms with Gasteiger partial charge in [0.05, 0.1) is 10.7 Å². The molecule has 0 aromatic carbocycles. The van der Waals surface area contributed by atoms with Gasteiger partial charge in [0, 0.05) is 12.2 Å². The first-order valence-corrected chi connectivity index (χ1v) is 6.38. The predicted molar refractivity (Wildman–Crippen MR) is 72.2 cm³/mol. The fourth-order valence-electron chi connectivity index (χ4n) is 1.88. The first-order chi connectivity index (χ1) is 8.52. The lowest BCUT2D eigenvalue weighted by Gasteiger charge is -2.09. The Labute approximate surface area is 111 Å². The Morgan fingerprint density at radius 1 is 1.50 bits per heavy atom. The van der Waals surface area contributed by atoms with E-state index in [1.165, 1.54) is 0 Å². The minimum atomic E-state index is -0.114. The monoisotopic (exact) mass is 265 g/mol. The number of amides is 1. The van der Waals surface area contributed by atoms with Crippen molar-refractivity contribution in [3.8, 4) is 0 Å². The van der Waals surface area contributed by atoms with Crippen LogP contribution in [0.15, 0.2) is 18.3 Å². The molecule has 2 heterocycles. The molecule has 2 rings (SSSR count). The molecule has 0 saturated carbocycles. The van der Waals surface area contributed by atoms with E-state index in [1.807, 2.05) is 26.8 Å². The number of halogens is 1. The summed E-state index contributed by atoms with van der Waals surface area (Å²) in [6, 6.07) is 3.67. The average molecular weight is 266 g/mol. The number of nitrogens with one attached hydrogen (secondary N) is 1. The summed E-state index contributed by atoms with van der Waals surface area (Å²) in [6.07, 6.45) is 2.43. The zero-order valence-electron chi connectivity index (χ0n) is 10.7. The highest BCUT2D eigenvalue weighted by atomic mass is 35.5. The number of aromatic nitrogens is 2. The largest absolute Gasteiger partial charge is 0.349 e. The number of carbonyl (C=O) groups excluding carboxylic acids is 1. The van der Waals surface area contributed by atoms with Crippen molar-refractivity contribution >= 4 is 23.2 Å². The smallest absolute Gasteiger partial charge is 0.270 e. The number of hydrogen-bond acceptors (Lipinski definition) is 2. The van der Waals surface area contributed by atoms with Gasteiger partial charge in [0.2, 0.25) is 0 Å². The van der Waals surface area contributed by atoms with Crippen LogP contribution in [0.2, 0.25) is 5.02 Å². The summed E-state index contributed by atoms with van der Waals surface area (Å²) in [5.74, 6) is -0.114. The third-order valence-electron chi connectivity index (χ3n) is 2.62. The van der Waals surface area contributed by atoms with Crippen LogP contribution in [0.3, 0.4) is 0 Å². The standard InChI is InChI=1S/C13H16ClN3O/c1-4-10-12(13(18)15-8(2)3)17-7-9(14)5-6-11(17)16-10/h5-8H,4H2,1-3H3,(H,15,18). The third-order valence-corrected chi connectivity index (χ3v) is 2.85. The highest BCUT2D eigenvalue weighted by Crippen LogP contribution is 2.17. The predicted octanol–water partition coefficient (Wildman–Crippen LogP) is 2.69. The van der Waals surface area contributed by atoms with E-state index in [0.717, 1.165) is 11.3 Å². The topological polar surface area (TPSA) is 46.4 Å². The Morgan fingerprint density at radius 2 is 2.22 bits per heavy atom. The van der Waals surface area contributed by atoms with Crippen molar-refractivity contribution in [2.24, 2.45) is 0 Å². The molecule has 1 N–H and O–H groups in total. The second-order valence-electron chi connectivity index (χ2n) is 4.46. The van der Waals surface area contributed by atoms with E-state index >= 15 is 0 Å². The molecule has 0 saturated heterocycles. The molecule has 0 radical (unpaired) electrons. The van der Waals surface area contributed by atoms with E-state index in [2.05, 4.69) is 10.3 Å². The van der Waals surface area contributed by atoms with Crippen LogP contribution in [0.1, 0.15) is 37.0 Å². The number of carbonyl (C=O) groups is 1. The van der Waals surface area contributed by atoms with Crippen molar-refractivity contribution in [3.63, 3.8) is 0 Å². The quantitative estimate of drug-likeness (QED) is 0.927. The van der Waals surface area contributed by atoms with Crippen LogP contribution in [-0.4, -0.2) is 21.3 Å². The molecule has 0 fully saturated rings. The Hall–Kier alpha value is -1.55. The number of rotatable bonds is 3. The van der Waals surface area contributed by atoms with Crippen molar-refractivity contribution in [1.29, 1.82) is 0 Å². The second kappa shape index (κ2) is 4.98. The molecule has 0 spiro atoms. The number of imidazole rings is 1. The number of hydrogen-bond donors (Lipinski definition) is 1. The molecule has 5 heteroatoms. The Bertz CT molecular complexity index is 589. The van der Waals surface area contributed by atoms with Gasteiger partial charge in [-0.05, 0) is 32.4 Å². The van der Waals surface area contributed by atoms with Crippen LogP contribution < -0.4 is 5.32 Å². The lowest BCUT2D eigenvalue weighted by atomic mass is 10.2. The van der Waals surface area contributed by atoms with Crippen molar-refractivity contribution in [3.05, 3.63) is 34.7 Å². The number of fused-ring (bicyclic) bond motifs is 1. The number of nitrogens with zero attached hydrogens (tertiary/aromatic N) is 2. The van der Waals surface area contributed by atoms with Crippen molar-refractivity contribution in [1.82, 2.24) is 14.7 Å². The van der Waals surface area contributed by atoms with E-state index in [9.17, 15) is 4.79 Å². The fourth-order valence-corrected chi connectivity index (χ4v) is 2.05. The minimum Gasteiger partial charge on any atom is -0.349 e. The maximum absolute atomic E-state index is 12.2. The summed E-state index contributed by atoms with van der Waals surface area (Å²) >= 11 is 5.97. The third kappa shape index (κ3) is 2.34. The summed E-state index contributed by atoms with van der Waals surface area (Å²) < 4.78 is 1.75. The number of pyridine rings is 1. The molecule has 4 nitrogen and oxygen atoms in total.